The third-order valence-corrected chi connectivity index (χ3v) is 2.59. The lowest BCUT2D eigenvalue weighted by Crippen LogP contribution is -2.22. The van der Waals surface area contributed by atoms with Gasteiger partial charge in [0.25, 0.3) is 5.91 Å². The molecule has 1 amide bonds. The average molecular weight is 261 g/mol. The maximum Gasteiger partial charge on any atom is 0.251 e. The van der Waals surface area contributed by atoms with E-state index in [1.807, 2.05) is 6.92 Å². The number of ether oxygens (including phenoxy) is 1. The molecule has 0 saturated heterocycles. The number of anilines is 1. The lowest BCUT2D eigenvalue weighted by atomic mass is 10.1. The SMILES string of the molecule is COc1ccc(C(=O)NCc2cc(C)no2)cc1N. The third-order valence-electron chi connectivity index (χ3n) is 2.59. The van der Waals surface area contributed by atoms with E-state index in [1.54, 1.807) is 24.3 Å². The average Bonchev–Trinajstić information content (AvgIpc) is 2.81. The summed E-state index contributed by atoms with van der Waals surface area (Å²) in [7, 11) is 1.53. The van der Waals surface area contributed by atoms with Crippen molar-refractivity contribution in [1.29, 1.82) is 0 Å². The van der Waals surface area contributed by atoms with E-state index >= 15 is 0 Å². The van der Waals surface area contributed by atoms with Gasteiger partial charge in [-0.3, -0.25) is 4.79 Å². The summed E-state index contributed by atoms with van der Waals surface area (Å²) in [5, 5.41) is 6.47. The van der Waals surface area contributed by atoms with Gasteiger partial charge >= 0.3 is 0 Å². The van der Waals surface area contributed by atoms with E-state index in [-0.39, 0.29) is 12.5 Å². The van der Waals surface area contributed by atoms with E-state index in [1.165, 1.54) is 7.11 Å². The van der Waals surface area contributed by atoms with E-state index in [9.17, 15) is 4.79 Å². The molecule has 6 nitrogen and oxygen atoms in total. The number of carbonyl (C=O) groups is 1. The number of carbonyl (C=O) groups excluding carboxylic acids is 1. The van der Waals surface area contributed by atoms with Crippen LogP contribution in [0, 0.1) is 6.92 Å². The van der Waals surface area contributed by atoms with Crippen LogP contribution < -0.4 is 15.8 Å². The van der Waals surface area contributed by atoms with E-state index in [4.69, 9.17) is 15.0 Å². The predicted octanol–water partition coefficient (Wildman–Crippen LogP) is 1.50. The number of aryl methyl sites for hydroxylation is 1. The zero-order valence-corrected chi connectivity index (χ0v) is 10.8. The first-order valence-electron chi connectivity index (χ1n) is 5.74. The fourth-order valence-corrected chi connectivity index (χ4v) is 1.64. The third kappa shape index (κ3) is 3.04. The van der Waals surface area contributed by atoms with Crippen molar-refractivity contribution in [2.24, 2.45) is 0 Å². The largest absolute Gasteiger partial charge is 0.495 e. The van der Waals surface area contributed by atoms with Crippen molar-refractivity contribution >= 4 is 11.6 Å². The topological polar surface area (TPSA) is 90.4 Å². The van der Waals surface area contributed by atoms with E-state index < -0.39 is 0 Å². The molecule has 0 fully saturated rings. The fourth-order valence-electron chi connectivity index (χ4n) is 1.64. The number of nitrogen functional groups attached to an aromatic ring is 1. The molecule has 1 heterocycles. The Bertz CT molecular complexity index is 593. The maximum atomic E-state index is 11.9. The summed E-state index contributed by atoms with van der Waals surface area (Å²) >= 11 is 0. The van der Waals surface area contributed by atoms with E-state index in [2.05, 4.69) is 10.5 Å². The second-order valence-electron chi connectivity index (χ2n) is 4.07. The molecule has 1 aromatic carbocycles. The molecule has 0 saturated carbocycles. The van der Waals surface area contributed by atoms with Crippen molar-refractivity contribution in [1.82, 2.24) is 10.5 Å². The number of aromatic nitrogens is 1. The molecular weight excluding hydrogens is 246 g/mol. The number of nitrogens with one attached hydrogen (secondary N) is 1. The summed E-state index contributed by atoms with van der Waals surface area (Å²) in [6, 6.07) is 6.64. The highest BCUT2D eigenvalue weighted by Crippen LogP contribution is 2.21. The first-order chi connectivity index (χ1) is 9.10. The summed E-state index contributed by atoms with van der Waals surface area (Å²) < 4.78 is 10.0. The zero-order chi connectivity index (χ0) is 13.8. The summed E-state index contributed by atoms with van der Waals surface area (Å²) in [6.07, 6.45) is 0. The second kappa shape index (κ2) is 5.43. The molecule has 6 heteroatoms. The molecule has 0 radical (unpaired) electrons. The fraction of sp³-hybridized carbons (Fsp3) is 0.231. The van der Waals surface area contributed by atoms with Gasteiger partial charge < -0.3 is 20.3 Å². The van der Waals surface area contributed by atoms with Crippen LogP contribution in [-0.4, -0.2) is 18.2 Å². The molecule has 2 rings (SSSR count). The van der Waals surface area contributed by atoms with Crippen molar-refractivity contribution < 1.29 is 14.1 Å². The van der Waals surface area contributed by atoms with Crippen molar-refractivity contribution in [2.45, 2.75) is 13.5 Å². The van der Waals surface area contributed by atoms with Gasteiger partial charge in [0.2, 0.25) is 0 Å². The zero-order valence-electron chi connectivity index (χ0n) is 10.8. The van der Waals surface area contributed by atoms with Gasteiger partial charge in [0.1, 0.15) is 5.75 Å². The van der Waals surface area contributed by atoms with Crippen LogP contribution in [-0.2, 0) is 6.54 Å². The van der Waals surface area contributed by atoms with Crippen LogP contribution in [0.5, 0.6) is 5.75 Å². The Balaban J connectivity index is 2.01. The maximum absolute atomic E-state index is 11.9. The number of amides is 1. The number of rotatable bonds is 4. The summed E-state index contributed by atoms with van der Waals surface area (Å²) in [6.45, 7) is 2.10. The standard InChI is InChI=1S/C13H15N3O3/c1-8-5-10(19-16-8)7-15-13(17)9-3-4-12(18-2)11(14)6-9/h3-6H,7,14H2,1-2H3,(H,15,17). The molecule has 3 N–H and O–H groups in total. The highest BCUT2D eigenvalue weighted by molar-refractivity contribution is 5.95. The monoisotopic (exact) mass is 261 g/mol. The molecule has 0 unspecified atom stereocenters. The van der Waals surface area contributed by atoms with Gasteiger partial charge in [-0.25, -0.2) is 0 Å². The van der Waals surface area contributed by atoms with Crippen molar-refractivity contribution in [3.05, 3.63) is 41.3 Å². The molecule has 2 aromatic rings. The number of methoxy groups -OCH3 is 1. The Morgan fingerprint density at radius 3 is 2.84 bits per heavy atom. The van der Waals surface area contributed by atoms with Gasteiger partial charge in [-0.1, -0.05) is 5.16 Å². The van der Waals surface area contributed by atoms with Gasteiger partial charge in [0.15, 0.2) is 5.76 Å². The molecule has 0 spiro atoms. The number of benzene rings is 1. The Morgan fingerprint density at radius 2 is 2.26 bits per heavy atom. The minimum atomic E-state index is -0.233. The van der Waals surface area contributed by atoms with Crippen LogP contribution in [0.2, 0.25) is 0 Å². The highest BCUT2D eigenvalue weighted by atomic mass is 16.5. The van der Waals surface area contributed by atoms with Gasteiger partial charge in [0, 0.05) is 11.6 Å². The first kappa shape index (κ1) is 12.9. The van der Waals surface area contributed by atoms with Gasteiger partial charge in [-0.05, 0) is 25.1 Å². The molecule has 100 valence electrons. The Hall–Kier alpha value is -2.50. The first-order valence-corrected chi connectivity index (χ1v) is 5.74. The highest BCUT2D eigenvalue weighted by Gasteiger charge is 2.09. The smallest absolute Gasteiger partial charge is 0.251 e. The van der Waals surface area contributed by atoms with Gasteiger partial charge in [0.05, 0.1) is 25.0 Å². The van der Waals surface area contributed by atoms with Crippen molar-refractivity contribution in [3.8, 4) is 5.75 Å². The minimum absolute atomic E-state index is 0.233. The summed E-state index contributed by atoms with van der Waals surface area (Å²) in [5.41, 5.74) is 7.41. The van der Waals surface area contributed by atoms with E-state index in [0.717, 1.165) is 5.69 Å². The Morgan fingerprint density at radius 1 is 1.47 bits per heavy atom. The number of nitrogens with two attached hydrogens (primary N) is 1. The molecule has 0 aliphatic rings. The van der Waals surface area contributed by atoms with Crippen LogP contribution in [0.3, 0.4) is 0 Å². The molecule has 19 heavy (non-hydrogen) atoms. The number of nitrogens with zero attached hydrogens (tertiary/aromatic N) is 1. The summed E-state index contributed by atoms with van der Waals surface area (Å²) in [5.74, 6) is 0.915. The van der Waals surface area contributed by atoms with Crippen LogP contribution in [0.4, 0.5) is 5.69 Å². The predicted molar refractivity (Wildman–Crippen MR) is 69.8 cm³/mol. The Kier molecular flexibility index (Phi) is 3.70. The molecule has 1 aromatic heterocycles. The molecule has 0 bridgehead atoms. The van der Waals surface area contributed by atoms with Crippen LogP contribution in [0.15, 0.2) is 28.8 Å². The Labute approximate surface area is 110 Å². The normalized spacial score (nSPS) is 10.2. The lowest BCUT2D eigenvalue weighted by molar-refractivity contribution is 0.0947. The lowest BCUT2D eigenvalue weighted by Gasteiger charge is -2.07. The molecule has 0 aliphatic carbocycles. The van der Waals surface area contributed by atoms with Crippen LogP contribution in [0.1, 0.15) is 21.8 Å². The quantitative estimate of drug-likeness (QED) is 0.814. The summed E-state index contributed by atoms with van der Waals surface area (Å²) in [4.78, 5) is 11.9. The van der Waals surface area contributed by atoms with Gasteiger partial charge in [-0.15, -0.1) is 0 Å². The number of hydrogen-bond donors (Lipinski definition) is 2. The molecular formula is C13H15N3O3. The van der Waals surface area contributed by atoms with Crippen LogP contribution >= 0.6 is 0 Å². The van der Waals surface area contributed by atoms with Crippen molar-refractivity contribution in [3.63, 3.8) is 0 Å². The minimum Gasteiger partial charge on any atom is -0.495 e. The van der Waals surface area contributed by atoms with Gasteiger partial charge in [-0.2, -0.15) is 0 Å². The van der Waals surface area contributed by atoms with E-state index in [0.29, 0.717) is 22.8 Å². The molecule has 0 aliphatic heterocycles. The second-order valence-corrected chi connectivity index (χ2v) is 4.07. The van der Waals surface area contributed by atoms with Crippen LogP contribution in [0.25, 0.3) is 0 Å². The van der Waals surface area contributed by atoms with Crippen molar-refractivity contribution in [2.75, 3.05) is 12.8 Å². The number of hydrogen-bond acceptors (Lipinski definition) is 5. The molecule has 0 atom stereocenters.